The van der Waals surface area contributed by atoms with Gasteiger partial charge in [-0.3, -0.25) is 0 Å². The molecule has 0 radical (unpaired) electrons. The molecule has 5 aromatic rings. The minimum atomic E-state index is -3.80. The van der Waals surface area contributed by atoms with E-state index in [2.05, 4.69) is 164 Å². The van der Waals surface area contributed by atoms with E-state index >= 15 is 0 Å². The molecule has 228 valence electrons. The third-order valence-electron chi connectivity index (χ3n) is 10.2. The van der Waals surface area contributed by atoms with Gasteiger partial charge in [-0.05, 0) is 0 Å². The van der Waals surface area contributed by atoms with Gasteiger partial charge < -0.3 is 0 Å². The number of allylic oxidation sites excluding steroid dienone is 2. The Kier molecular flexibility index (Phi) is 9.31. The molecule has 0 fully saturated rings. The van der Waals surface area contributed by atoms with Crippen molar-refractivity contribution >= 4 is 49.4 Å². The molecule has 0 bridgehead atoms. The first-order valence-electron chi connectivity index (χ1n) is 15.5. The van der Waals surface area contributed by atoms with Gasteiger partial charge in [0.25, 0.3) is 0 Å². The van der Waals surface area contributed by atoms with E-state index in [0.29, 0.717) is 7.25 Å². The summed E-state index contributed by atoms with van der Waals surface area (Å²) in [5, 5.41) is 0. The maximum Gasteiger partial charge on any atom is -0.147 e. The van der Waals surface area contributed by atoms with Crippen LogP contribution in [0.4, 0.5) is 0 Å². The monoisotopic (exact) mass is 722 g/mol. The van der Waals surface area contributed by atoms with Crippen LogP contribution in [0.2, 0.25) is 9.26 Å². The predicted molar refractivity (Wildman–Crippen MR) is 201 cm³/mol. The molecule has 0 aromatic heterocycles. The SMILES string of the molecule is CC1=Cc2c(-c3ccccc3)ccc(C)c2[CH]1[Zr]([CH3])([CH3])(=[SiH2])[CH]1C(c2ccccc2C)=Cc2c(-c3ccccc3)cccc21.Cl.Cl. The molecule has 0 saturated heterocycles. The molecule has 0 saturated carbocycles. The summed E-state index contributed by atoms with van der Waals surface area (Å²) in [5.74, 6) is 0. The second-order valence-corrected chi connectivity index (χ2v) is 44.4. The van der Waals surface area contributed by atoms with E-state index in [1.165, 1.54) is 61.2 Å². The molecule has 45 heavy (non-hydrogen) atoms. The molecule has 0 heterocycles. The van der Waals surface area contributed by atoms with Crippen LogP contribution < -0.4 is 0 Å². The van der Waals surface area contributed by atoms with Crippen molar-refractivity contribution in [3.63, 3.8) is 0 Å². The van der Waals surface area contributed by atoms with Gasteiger partial charge in [0.15, 0.2) is 0 Å². The Hall–Kier alpha value is -2.74. The molecule has 0 nitrogen and oxygen atoms in total. The maximum atomic E-state index is 2.76. The summed E-state index contributed by atoms with van der Waals surface area (Å²) in [6, 6.07) is 42.8. The van der Waals surface area contributed by atoms with Crippen LogP contribution >= 0.6 is 24.8 Å². The van der Waals surface area contributed by atoms with E-state index < -0.39 is 17.4 Å². The molecule has 2 unspecified atom stereocenters. The fourth-order valence-electron chi connectivity index (χ4n) is 8.50. The second-order valence-electron chi connectivity index (χ2n) is 13.9. The Morgan fingerprint density at radius 3 is 1.69 bits per heavy atom. The van der Waals surface area contributed by atoms with E-state index in [-0.39, 0.29) is 24.8 Å². The summed E-state index contributed by atoms with van der Waals surface area (Å²) in [5.41, 5.74) is 18.6. The van der Waals surface area contributed by atoms with Crippen LogP contribution in [0.25, 0.3) is 40.0 Å². The van der Waals surface area contributed by atoms with Crippen LogP contribution in [0.15, 0.2) is 121 Å². The van der Waals surface area contributed by atoms with Crippen molar-refractivity contribution in [2.24, 2.45) is 0 Å². The molecular weight excluding hydrogens is 683 g/mol. The van der Waals surface area contributed by atoms with Gasteiger partial charge in [-0.1, -0.05) is 0 Å². The van der Waals surface area contributed by atoms with E-state index in [1.807, 2.05) is 0 Å². The molecule has 2 atom stereocenters. The normalized spacial score (nSPS) is 16.9. The van der Waals surface area contributed by atoms with Crippen LogP contribution in [0.1, 0.15) is 53.1 Å². The topological polar surface area (TPSA) is 0 Å². The first-order valence-corrected chi connectivity index (χ1v) is 29.2. The van der Waals surface area contributed by atoms with Gasteiger partial charge in [-0.15, -0.1) is 24.8 Å². The van der Waals surface area contributed by atoms with Gasteiger partial charge in [-0.25, -0.2) is 0 Å². The Balaban J connectivity index is 0.00000200. The molecule has 2 aliphatic carbocycles. The standard InChI is InChI=1S/C22H17.C17H15.2CH3.2ClH.H2Si.Zr/c1-16-8-5-6-12-20(16)19-14-18-11-7-13-21(22(18)15-19)17-9-3-2-4-10-17;1-12-10-16-13(2)8-9-15(17(16)11-12)14-6-4-3-5-7-14;;;;;;/h2-15H,1H3;3-11H,1-2H3;2*1H3;2*1H;1H2;. The Labute approximate surface area is 284 Å². The van der Waals surface area contributed by atoms with E-state index in [4.69, 9.17) is 0 Å². The van der Waals surface area contributed by atoms with Crippen LogP contribution in [0.5, 0.6) is 0 Å². The smallest absolute Gasteiger partial charge is 0.147 e. The summed E-state index contributed by atoms with van der Waals surface area (Å²) < 4.78 is 6.40. The average Bonchev–Trinajstić information content (AvgIpc) is 3.58. The van der Waals surface area contributed by atoms with Crippen molar-refractivity contribution in [2.45, 2.75) is 37.3 Å². The summed E-state index contributed by atoms with van der Waals surface area (Å²) in [7, 11) is 0. The first kappa shape index (κ1) is 33.6. The third-order valence-corrected chi connectivity index (χ3v) is 27.7. The summed E-state index contributed by atoms with van der Waals surface area (Å²) in [4.78, 5) is 0. The molecule has 7 rings (SSSR count). The molecule has 0 N–H and O–H groups in total. The van der Waals surface area contributed by atoms with Gasteiger partial charge in [-0.2, -0.15) is 0 Å². The Morgan fingerprint density at radius 1 is 0.511 bits per heavy atom. The Morgan fingerprint density at radius 2 is 1.07 bits per heavy atom. The predicted octanol–water partition coefficient (Wildman–Crippen LogP) is 11.6. The molecular formula is C41H42Cl2SiZr. The van der Waals surface area contributed by atoms with Crippen LogP contribution in [-0.4, -0.2) is 6.88 Å². The van der Waals surface area contributed by atoms with Crippen LogP contribution in [-0.2, 0) is 17.4 Å². The minimum absolute atomic E-state index is 0. The van der Waals surface area contributed by atoms with Crippen molar-refractivity contribution < 1.29 is 17.4 Å². The van der Waals surface area contributed by atoms with Crippen molar-refractivity contribution in [1.82, 2.24) is 0 Å². The molecule has 2 aliphatic rings. The van der Waals surface area contributed by atoms with Gasteiger partial charge in [0.05, 0.1) is 0 Å². The van der Waals surface area contributed by atoms with Gasteiger partial charge in [0.2, 0.25) is 0 Å². The van der Waals surface area contributed by atoms with Gasteiger partial charge in [0, 0.05) is 0 Å². The number of hydrogen-bond acceptors (Lipinski definition) is 0. The number of fused-ring (bicyclic) bond motifs is 2. The van der Waals surface area contributed by atoms with Crippen molar-refractivity contribution in [2.75, 3.05) is 0 Å². The van der Waals surface area contributed by atoms with Crippen LogP contribution in [0, 0.1) is 13.8 Å². The van der Waals surface area contributed by atoms with Gasteiger partial charge in [0.1, 0.15) is 0 Å². The number of rotatable bonds is 5. The number of benzene rings is 5. The van der Waals surface area contributed by atoms with Gasteiger partial charge >= 0.3 is 261 Å². The molecule has 0 aliphatic heterocycles. The zero-order valence-electron chi connectivity index (χ0n) is 26.8. The van der Waals surface area contributed by atoms with Crippen molar-refractivity contribution in [1.29, 1.82) is 0 Å². The average molecular weight is 725 g/mol. The largest absolute Gasteiger partial charge is 0.147 e. The van der Waals surface area contributed by atoms with Crippen LogP contribution in [0.3, 0.4) is 0 Å². The second kappa shape index (κ2) is 12.5. The molecule has 5 aromatic carbocycles. The van der Waals surface area contributed by atoms with E-state index in [9.17, 15) is 0 Å². The summed E-state index contributed by atoms with van der Waals surface area (Å²) in [6.45, 7) is 9.48. The third kappa shape index (κ3) is 5.53. The fourth-order valence-corrected chi connectivity index (χ4v) is 28.4. The van der Waals surface area contributed by atoms with Crippen molar-refractivity contribution in [3.8, 4) is 22.3 Å². The quantitative estimate of drug-likeness (QED) is 0.158. The van der Waals surface area contributed by atoms with E-state index in [1.54, 1.807) is 11.1 Å². The molecule has 4 heteroatoms. The molecule has 0 amide bonds. The fraction of sp³-hybridized carbons (Fsp3) is 0.171. The molecule has 0 spiro atoms. The maximum absolute atomic E-state index is 3.80. The van der Waals surface area contributed by atoms with Crippen molar-refractivity contribution in [3.05, 3.63) is 160 Å². The first-order chi connectivity index (χ1) is 20.6. The summed E-state index contributed by atoms with van der Waals surface area (Å²) >= 11 is -3.80. The number of halogens is 2. The summed E-state index contributed by atoms with van der Waals surface area (Å²) in [6.07, 6.45) is 5.11. The number of aryl methyl sites for hydroxylation is 2. The van der Waals surface area contributed by atoms with E-state index in [0.717, 1.165) is 0 Å². The zero-order valence-corrected chi connectivity index (χ0v) is 32.3. The zero-order chi connectivity index (χ0) is 30.0. The Bertz CT molecular complexity index is 2030. The minimum Gasteiger partial charge on any atom is -0.147 e. The number of hydrogen-bond donors (Lipinski definition) is 0.